The van der Waals surface area contributed by atoms with Crippen LogP contribution in [0.1, 0.15) is 17.0 Å². The number of benzene rings is 1. The van der Waals surface area contributed by atoms with Crippen LogP contribution in [0, 0.1) is 0 Å². The van der Waals surface area contributed by atoms with E-state index in [9.17, 15) is 22.0 Å². The monoisotopic (exact) mass is 239 g/mol. The summed E-state index contributed by atoms with van der Waals surface area (Å²) in [6.45, 7) is -0.303. The summed E-state index contributed by atoms with van der Waals surface area (Å²) >= 11 is 0. The van der Waals surface area contributed by atoms with E-state index in [0.29, 0.717) is 0 Å². The Morgan fingerprint density at radius 3 is 1.88 bits per heavy atom. The minimum Gasteiger partial charge on any atom is -0.330 e. The third-order valence-corrected chi connectivity index (χ3v) is 2.22. The Bertz CT molecular complexity index is 330. The lowest BCUT2D eigenvalue weighted by Gasteiger charge is -2.15. The lowest BCUT2D eigenvalue weighted by molar-refractivity contribution is -0.137. The molecule has 0 radical (unpaired) electrons. The molecule has 0 saturated heterocycles. The Labute approximate surface area is 89.1 Å². The second-order valence-corrected chi connectivity index (χ2v) is 3.30. The summed E-state index contributed by atoms with van der Waals surface area (Å²) in [6.07, 6.45) is -7.14. The van der Waals surface area contributed by atoms with E-state index in [1.807, 2.05) is 0 Å². The number of hydrogen-bond donors (Lipinski definition) is 1. The van der Waals surface area contributed by atoms with Gasteiger partial charge in [0, 0.05) is 6.54 Å². The first-order valence-electron chi connectivity index (χ1n) is 4.51. The van der Waals surface area contributed by atoms with Gasteiger partial charge in [0.25, 0.3) is 0 Å². The first kappa shape index (κ1) is 12.9. The van der Waals surface area contributed by atoms with Crippen molar-refractivity contribution in [3.63, 3.8) is 0 Å². The maximum Gasteiger partial charge on any atom is 0.416 e. The second-order valence-electron chi connectivity index (χ2n) is 3.30. The molecule has 0 aliphatic rings. The molecule has 1 rings (SSSR count). The smallest absolute Gasteiger partial charge is 0.330 e. The number of halogens is 5. The van der Waals surface area contributed by atoms with Gasteiger partial charge in [-0.05, 0) is 17.7 Å². The summed E-state index contributed by atoms with van der Waals surface area (Å²) in [5.41, 5.74) is 4.38. The van der Waals surface area contributed by atoms with Gasteiger partial charge in [0.05, 0.1) is 11.5 Å². The molecule has 1 nitrogen and oxygen atoms in total. The molecule has 1 aromatic rings. The van der Waals surface area contributed by atoms with E-state index in [1.165, 1.54) is 0 Å². The van der Waals surface area contributed by atoms with Gasteiger partial charge in [-0.15, -0.1) is 0 Å². The van der Waals surface area contributed by atoms with Crippen molar-refractivity contribution in [2.75, 3.05) is 6.54 Å². The van der Waals surface area contributed by atoms with Gasteiger partial charge in [-0.2, -0.15) is 13.2 Å². The lowest BCUT2D eigenvalue weighted by atomic mass is 9.98. The molecule has 0 heterocycles. The molecule has 1 aromatic carbocycles. The Morgan fingerprint density at radius 2 is 1.56 bits per heavy atom. The molecule has 1 atom stereocenters. The Balaban J connectivity index is 2.94. The zero-order valence-corrected chi connectivity index (χ0v) is 8.14. The fourth-order valence-corrected chi connectivity index (χ4v) is 1.30. The molecular formula is C10H10F5N. The normalized spacial score (nSPS) is 14.2. The molecule has 0 fully saturated rings. The summed E-state index contributed by atoms with van der Waals surface area (Å²) in [5, 5.41) is 0. The quantitative estimate of drug-likeness (QED) is 0.806. The summed E-state index contributed by atoms with van der Waals surface area (Å²) in [5.74, 6) is -1.22. The van der Waals surface area contributed by atoms with E-state index in [-0.39, 0.29) is 12.1 Å². The molecule has 16 heavy (non-hydrogen) atoms. The van der Waals surface area contributed by atoms with Gasteiger partial charge in [-0.25, -0.2) is 8.78 Å². The topological polar surface area (TPSA) is 26.0 Å². The van der Waals surface area contributed by atoms with Crippen LogP contribution in [0.5, 0.6) is 0 Å². The molecule has 0 aliphatic carbocycles. The summed E-state index contributed by atoms with van der Waals surface area (Å²) in [4.78, 5) is 0. The van der Waals surface area contributed by atoms with Gasteiger partial charge in [0.15, 0.2) is 0 Å². The van der Waals surface area contributed by atoms with Gasteiger partial charge >= 0.3 is 6.18 Å². The van der Waals surface area contributed by atoms with E-state index in [0.717, 1.165) is 24.3 Å². The third kappa shape index (κ3) is 2.91. The van der Waals surface area contributed by atoms with Crippen molar-refractivity contribution in [1.82, 2.24) is 0 Å². The van der Waals surface area contributed by atoms with Crippen molar-refractivity contribution < 1.29 is 22.0 Å². The molecule has 2 N–H and O–H groups in total. The molecule has 0 saturated carbocycles. The van der Waals surface area contributed by atoms with E-state index in [4.69, 9.17) is 5.73 Å². The average Bonchev–Trinajstić information content (AvgIpc) is 2.17. The molecular weight excluding hydrogens is 229 g/mol. The van der Waals surface area contributed by atoms with E-state index >= 15 is 0 Å². The second kappa shape index (κ2) is 4.78. The maximum atomic E-state index is 12.4. The van der Waals surface area contributed by atoms with Crippen LogP contribution < -0.4 is 5.73 Å². The minimum atomic E-state index is -4.46. The summed E-state index contributed by atoms with van der Waals surface area (Å²) in [7, 11) is 0. The molecule has 0 aromatic heterocycles. The number of nitrogens with two attached hydrogens (primary N) is 1. The highest BCUT2D eigenvalue weighted by molar-refractivity contribution is 5.27. The number of alkyl halides is 5. The van der Waals surface area contributed by atoms with Crippen molar-refractivity contribution in [2.45, 2.75) is 18.5 Å². The Hall–Kier alpha value is -1.17. The molecule has 0 bridgehead atoms. The highest BCUT2D eigenvalue weighted by atomic mass is 19.4. The number of hydrogen-bond acceptors (Lipinski definition) is 1. The van der Waals surface area contributed by atoms with E-state index < -0.39 is 24.1 Å². The van der Waals surface area contributed by atoms with Crippen LogP contribution in [0.3, 0.4) is 0 Å². The third-order valence-electron chi connectivity index (χ3n) is 2.22. The molecule has 1 unspecified atom stereocenters. The molecule has 0 spiro atoms. The number of rotatable bonds is 3. The molecule has 90 valence electrons. The van der Waals surface area contributed by atoms with Gasteiger partial charge in [0.2, 0.25) is 6.43 Å². The SMILES string of the molecule is NCC(c1ccc(C(F)(F)F)cc1)C(F)F. The average molecular weight is 239 g/mol. The van der Waals surface area contributed by atoms with Crippen molar-refractivity contribution in [2.24, 2.45) is 5.73 Å². The first-order chi connectivity index (χ1) is 7.36. The van der Waals surface area contributed by atoms with Crippen LogP contribution in [0.25, 0.3) is 0 Å². The van der Waals surface area contributed by atoms with Crippen molar-refractivity contribution in [3.8, 4) is 0 Å². The van der Waals surface area contributed by atoms with Crippen LogP contribution in [-0.2, 0) is 6.18 Å². The molecule has 0 aliphatic heterocycles. The fourth-order valence-electron chi connectivity index (χ4n) is 1.30. The largest absolute Gasteiger partial charge is 0.416 e. The van der Waals surface area contributed by atoms with Crippen molar-refractivity contribution in [1.29, 1.82) is 0 Å². The Morgan fingerprint density at radius 1 is 1.06 bits per heavy atom. The highest BCUT2D eigenvalue weighted by Crippen LogP contribution is 2.31. The van der Waals surface area contributed by atoms with Gasteiger partial charge < -0.3 is 5.73 Å². The van der Waals surface area contributed by atoms with Crippen molar-refractivity contribution >= 4 is 0 Å². The molecule has 6 heteroatoms. The Kier molecular flexibility index (Phi) is 3.85. The van der Waals surface area contributed by atoms with Gasteiger partial charge in [-0.3, -0.25) is 0 Å². The fraction of sp³-hybridized carbons (Fsp3) is 0.400. The maximum absolute atomic E-state index is 12.4. The zero-order chi connectivity index (χ0) is 12.3. The summed E-state index contributed by atoms with van der Waals surface area (Å²) in [6, 6.07) is 3.62. The van der Waals surface area contributed by atoms with Crippen LogP contribution in [0.4, 0.5) is 22.0 Å². The minimum absolute atomic E-state index is 0.116. The van der Waals surface area contributed by atoms with Gasteiger partial charge in [0.1, 0.15) is 0 Å². The van der Waals surface area contributed by atoms with Gasteiger partial charge in [-0.1, -0.05) is 12.1 Å². The molecule has 0 amide bonds. The van der Waals surface area contributed by atoms with Crippen LogP contribution >= 0.6 is 0 Å². The lowest BCUT2D eigenvalue weighted by Crippen LogP contribution is -2.19. The predicted molar refractivity (Wildman–Crippen MR) is 49.2 cm³/mol. The van der Waals surface area contributed by atoms with Crippen LogP contribution in [0.15, 0.2) is 24.3 Å². The van der Waals surface area contributed by atoms with Crippen LogP contribution in [0.2, 0.25) is 0 Å². The van der Waals surface area contributed by atoms with E-state index in [2.05, 4.69) is 0 Å². The predicted octanol–water partition coefficient (Wildman–Crippen LogP) is 3.01. The first-order valence-corrected chi connectivity index (χ1v) is 4.51. The standard InChI is InChI=1S/C10H10F5N/c11-9(12)8(5-16)6-1-3-7(4-2-6)10(13,14)15/h1-4,8-9H,5,16H2. The summed E-state index contributed by atoms with van der Waals surface area (Å²) < 4.78 is 61.4. The van der Waals surface area contributed by atoms with E-state index in [1.54, 1.807) is 0 Å². The zero-order valence-electron chi connectivity index (χ0n) is 8.14. The van der Waals surface area contributed by atoms with Crippen LogP contribution in [-0.4, -0.2) is 13.0 Å². The highest BCUT2D eigenvalue weighted by Gasteiger charge is 2.30. The van der Waals surface area contributed by atoms with Crippen molar-refractivity contribution in [3.05, 3.63) is 35.4 Å².